The average molecular weight is 213 g/mol. The summed E-state index contributed by atoms with van der Waals surface area (Å²) in [6, 6.07) is 7.97. The Kier molecular flexibility index (Phi) is 2.10. The topological polar surface area (TPSA) is 20.3 Å². The van der Waals surface area contributed by atoms with Gasteiger partial charge in [-0.2, -0.15) is 0 Å². The molecule has 2 heteroatoms. The van der Waals surface area contributed by atoms with Gasteiger partial charge >= 0.3 is 0 Å². The zero-order valence-corrected chi connectivity index (χ0v) is 9.49. The molecule has 1 aromatic carbocycles. The summed E-state index contributed by atoms with van der Waals surface area (Å²) in [5.74, 6) is 0.249. The van der Waals surface area contributed by atoms with Crippen LogP contribution in [0.4, 0.5) is 0 Å². The molecule has 0 spiro atoms. The van der Waals surface area contributed by atoms with Crippen LogP contribution in [-0.4, -0.2) is 24.3 Å². The molecule has 1 saturated heterocycles. The van der Waals surface area contributed by atoms with Crippen LogP contribution in [0, 0.1) is 0 Å². The number of carbonyl (C=O) groups excluding carboxylic acids is 1. The van der Waals surface area contributed by atoms with Crippen molar-refractivity contribution < 1.29 is 4.79 Å². The SMILES string of the molecule is CN1CCC/C1=C1/Cc2ccccc2C1=O. The Hall–Kier alpha value is -1.57. The number of benzene rings is 1. The third-order valence-electron chi connectivity index (χ3n) is 3.62. The van der Waals surface area contributed by atoms with Gasteiger partial charge in [0.15, 0.2) is 5.78 Å². The van der Waals surface area contributed by atoms with Gasteiger partial charge in [-0.05, 0) is 18.4 Å². The Morgan fingerprint density at radius 2 is 2.06 bits per heavy atom. The van der Waals surface area contributed by atoms with E-state index in [9.17, 15) is 4.79 Å². The van der Waals surface area contributed by atoms with Gasteiger partial charge in [-0.15, -0.1) is 0 Å². The molecule has 0 N–H and O–H groups in total. The van der Waals surface area contributed by atoms with Gasteiger partial charge in [0, 0.05) is 36.8 Å². The van der Waals surface area contributed by atoms with Crippen LogP contribution in [0.5, 0.6) is 0 Å². The molecule has 1 heterocycles. The average Bonchev–Trinajstić information content (AvgIpc) is 2.84. The van der Waals surface area contributed by atoms with Gasteiger partial charge in [-0.3, -0.25) is 4.79 Å². The van der Waals surface area contributed by atoms with Crippen LogP contribution in [0.15, 0.2) is 35.5 Å². The minimum Gasteiger partial charge on any atom is -0.378 e. The molecule has 0 bridgehead atoms. The molecule has 1 aliphatic heterocycles. The first-order valence-electron chi connectivity index (χ1n) is 5.83. The van der Waals surface area contributed by atoms with Crippen molar-refractivity contribution in [3.63, 3.8) is 0 Å². The number of rotatable bonds is 0. The van der Waals surface area contributed by atoms with Gasteiger partial charge in [0.2, 0.25) is 0 Å². The van der Waals surface area contributed by atoms with Gasteiger partial charge in [0.05, 0.1) is 0 Å². The molecule has 82 valence electrons. The second-order valence-electron chi connectivity index (χ2n) is 4.61. The van der Waals surface area contributed by atoms with Crippen LogP contribution in [0.25, 0.3) is 0 Å². The number of ketones is 1. The van der Waals surface area contributed by atoms with Crippen LogP contribution in [0.2, 0.25) is 0 Å². The standard InChI is InChI=1S/C14H15NO/c1-15-8-4-7-13(15)12-9-10-5-2-3-6-11(10)14(12)16/h2-3,5-6H,4,7-9H2,1H3/b13-12+. The van der Waals surface area contributed by atoms with E-state index in [1.807, 2.05) is 18.2 Å². The zero-order valence-electron chi connectivity index (χ0n) is 9.49. The van der Waals surface area contributed by atoms with Crippen LogP contribution in [0.1, 0.15) is 28.8 Å². The third kappa shape index (κ3) is 1.29. The van der Waals surface area contributed by atoms with E-state index < -0.39 is 0 Å². The second-order valence-corrected chi connectivity index (χ2v) is 4.61. The summed E-state index contributed by atoms with van der Waals surface area (Å²) >= 11 is 0. The van der Waals surface area contributed by atoms with E-state index in [1.165, 1.54) is 17.7 Å². The molecule has 0 unspecified atom stereocenters. The molecule has 0 amide bonds. The van der Waals surface area contributed by atoms with E-state index in [2.05, 4.69) is 18.0 Å². The lowest BCUT2D eigenvalue weighted by Gasteiger charge is -2.14. The molecule has 0 aromatic heterocycles. The summed E-state index contributed by atoms with van der Waals surface area (Å²) in [5.41, 5.74) is 4.39. The summed E-state index contributed by atoms with van der Waals surface area (Å²) in [4.78, 5) is 14.5. The fourth-order valence-corrected chi connectivity index (χ4v) is 2.75. The van der Waals surface area contributed by atoms with Gasteiger partial charge in [0.25, 0.3) is 0 Å². The number of likely N-dealkylation sites (tertiary alicyclic amines) is 1. The van der Waals surface area contributed by atoms with E-state index in [-0.39, 0.29) is 5.78 Å². The fourth-order valence-electron chi connectivity index (χ4n) is 2.75. The van der Waals surface area contributed by atoms with Crippen molar-refractivity contribution in [2.24, 2.45) is 0 Å². The fraction of sp³-hybridized carbons (Fsp3) is 0.357. The summed E-state index contributed by atoms with van der Waals surface area (Å²) in [7, 11) is 2.09. The summed E-state index contributed by atoms with van der Waals surface area (Å²) in [6.07, 6.45) is 3.07. The van der Waals surface area contributed by atoms with Crippen molar-refractivity contribution in [3.05, 3.63) is 46.7 Å². The van der Waals surface area contributed by atoms with Crippen molar-refractivity contribution in [2.75, 3.05) is 13.6 Å². The number of Topliss-reactive ketones (excluding diaryl/α,β-unsaturated/α-hetero) is 1. The number of hydrogen-bond donors (Lipinski definition) is 0. The first-order valence-corrected chi connectivity index (χ1v) is 5.83. The largest absolute Gasteiger partial charge is 0.378 e. The number of fused-ring (bicyclic) bond motifs is 1. The molecule has 1 aromatic rings. The van der Waals surface area contributed by atoms with E-state index in [4.69, 9.17) is 0 Å². The van der Waals surface area contributed by atoms with Crippen LogP contribution in [0.3, 0.4) is 0 Å². The van der Waals surface area contributed by atoms with Crippen LogP contribution < -0.4 is 0 Å². The highest BCUT2D eigenvalue weighted by Gasteiger charge is 2.29. The van der Waals surface area contributed by atoms with Crippen molar-refractivity contribution in [2.45, 2.75) is 19.3 Å². The minimum atomic E-state index is 0.249. The molecule has 3 rings (SSSR count). The maximum atomic E-state index is 12.2. The summed E-state index contributed by atoms with van der Waals surface area (Å²) in [5, 5.41) is 0. The summed E-state index contributed by atoms with van der Waals surface area (Å²) < 4.78 is 0. The normalized spacial score (nSPS) is 24.1. The Morgan fingerprint density at radius 1 is 1.25 bits per heavy atom. The maximum Gasteiger partial charge on any atom is 0.191 e. The van der Waals surface area contributed by atoms with E-state index in [1.54, 1.807) is 0 Å². The molecule has 0 radical (unpaired) electrons. The van der Waals surface area contributed by atoms with E-state index in [0.717, 1.165) is 30.5 Å². The van der Waals surface area contributed by atoms with Gasteiger partial charge in [0.1, 0.15) is 0 Å². The Labute approximate surface area is 95.6 Å². The van der Waals surface area contributed by atoms with Gasteiger partial charge < -0.3 is 4.90 Å². The van der Waals surface area contributed by atoms with Crippen LogP contribution >= 0.6 is 0 Å². The second kappa shape index (κ2) is 3.48. The van der Waals surface area contributed by atoms with Crippen LogP contribution in [-0.2, 0) is 6.42 Å². The highest BCUT2D eigenvalue weighted by molar-refractivity contribution is 6.13. The lowest BCUT2D eigenvalue weighted by atomic mass is 10.1. The first kappa shape index (κ1) is 9.64. The Bertz CT molecular complexity index is 487. The lowest BCUT2D eigenvalue weighted by Crippen LogP contribution is -2.14. The Morgan fingerprint density at radius 3 is 2.75 bits per heavy atom. The molecule has 0 saturated carbocycles. The summed E-state index contributed by atoms with van der Waals surface area (Å²) in [6.45, 7) is 1.09. The molecular weight excluding hydrogens is 198 g/mol. The molecule has 1 fully saturated rings. The van der Waals surface area contributed by atoms with Crippen molar-refractivity contribution in [3.8, 4) is 0 Å². The molecule has 2 nitrogen and oxygen atoms in total. The van der Waals surface area contributed by atoms with Crippen molar-refractivity contribution in [1.82, 2.24) is 4.90 Å². The minimum absolute atomic E-state index is 0.249. The lowest BCUT2D eigenvalue weighted by molar-refractivity contribution is 0.103. The number of allylic oxidation sites excluding steroid dienone is 2. The number of carbonyl (C=O) groups is 1. The van der Waals surface area contributed by atoms with E-state index >= 15 is 0 Å². The van der Waals surface area contributed by atoms with Gasteiger partial charge in [-0.25, -0.2) is 0 Å². The molecule has 0 atom stereocenters. The molecule has 2 aliphatic rings. The van der Waals surface area contributed by atoms with Gasteiger partial charge in [-0.1, -0.05) is 24.3 Å². The zero-order chi connectivity index (χ0) is 11.1. The smallest absolute Gasteiger partial charge is 0.191 e. The number of hydrogen-bond acceptors (Lipinski definition) is 2. The van der Waals surface area contributed by atoms with Crippen molar-refractivity contribution in [1.29, 1.82) is 0 Å². The third-order valence-corrected chi connectivity index (χ3v) is 3.62. The van der Waals surface area contributed by atoms with E-state index in [0.29, 0.717) is 0 Å². The highest BCUT2D eigenvalue weighted by atomic mass is 16.1. The highest BCUT2D eigenvalue weighted by Crippen LogP contribution is 2.32. The maximum absolute atomic E-state index is 12.2. The predicted octanol–water partition coefficient (Wildman–Crippen LogP) is 2.41. The molecule has 16 heavy (non-hydrogen) atoms. The molecular formula is C14H15NO. The molecule has 1 aliphatic carbocycles. The quantitative estimate of drug-likeness (QED) is 0.617. The van der Waals surface area contributed by atoms with Crippen molar-refractivity contribution >= 4 is 5.78 Å². The number of nitrogens with zero attached hydrogens (tertiary/aromatic N) is 1. The first-order chi connectivity index (χ1) is 7.77. The predicted molar refractivity (Wildman–Crippen MR) is 63.4 cm³/mol. The Balaban J connectivity index is 2.07. The monoisotopic (exact) mass is 213 g/mol.